The van der Waals surface area contributed by atoms with Gasteiger partial charge in [0.2, 0.25) is 11.2 Å². The third kappa shape index (κ3) is 2.39. The second-order valence-corrected chi connectivity index (χ2v) is 4.80. The van der Waals surface area contributed by atoms with Crippen molar-refractivity contribution in [2.45, 2.75) is 0 Å². The minimum absolute atomic E-state index is 0.0324. The Balaban J connectivity index is 2.07. The maximum absolute atomic E-state index is 13.0. The second kappa shape index (κ2) is 4.75. The van der Waals surface area contributed by atoms with Crippen LogP contribution in [0.15, 0.2) is 28.9 Å². The molecule has 8 heteroatoms. The van der Waals surface area contributed by atoms with E-state index < -0.39 is 0 Å². The molecule has 3 rings (SSSR count). The molecule has 0 aliphatic heterocycles. The molecule has 0 atom stereocenters. The first-order valence-electron chi connectivity index (χ1n) is 5.13. The minimum Gasteiger partial charge on any atom is -0.437 e. The van der Waals surface area contributed by atoms with Gasteiger partial charge < -0.3 is 4.74 Å². The molecule has 0 saturated heterocycles. The Morgan fingerprint density at radius 1 is 1.32 bits per heavy atom. The monoisotopic (exact) mass is 342 g/mol. The fourth-order valence-electron chi connectivity index (χ4n) is 1.52. The van der Waals surface area contributed by atoms with E-state index in [0.717, 1.165) is 0 Å². The highest BCUT2D eigenvalue weighted by molar-refractivity contribution is 9.10. The highest BCUT2D eigenvalue weighted by atomic mass is 79.9. The lowest BCUT2D eigenvalue weighted by molar-refractivity contribution is 0.463. The van der Waals surface area contributed by atoms with Gasteiger partial charge >= 0.3 is 0 Å². The van der Waals surface area contributed by atoms with Crippen LogP contribution in [0.25, 0.3) is 11.0 Å². The zero-order valence-corrected chi connectivity index (χ0v) is 11.5. The Bertz CT molecular complexity index is 764. The molecule has 0 aliphatic rings. The number of halogens is 3. The fraction of sp³-hybridized carbons (Fsp3) is 0. The van der Waals surface area contributed by atoms with Gasteiger partial charge in [0.1, 0.15) is 17.0 Å². The van der Waals surface area contributed by atoms with Crippen LogP contribution in [-0.2, 0) is 0 Å². The number of hydrogen-bond acceptors (Lipinski definition) is 4. The minimum atomic E-state index is -0.367. The largest absolute Gasteiger partial charge is 0.437 e. The van der Waals surface area contributed by atoms with Crippen LogP contribution in [0.5, 0.6) is 11.6 Å². The summed E-state index contributed by atoms with van der Waals surface area (Å²) in [7, 11) is 0. The summed E-state index contributed by atoms with van der Waals surface area (Å²) in [5.41, 5.74) is 0.466. The Morgan fingerprint density at radius 3 is 2.95 bits per heavy atom. The average Bonchev–Trinajstić information content (AvgIpc) is 2.80. The number of aromatic nitrogens is 4. The zero-order chi connectivity index (χ0) is 13.4. The summed E-state index contributed by atoms with van der Waals surface area (Å²) >= 11 is 9.00. The molecule has 0 unspecified atom stereocenters. The first-order valence-corrected chi connectivity index (χ1v) is 6.30. The summed E-state index contributed by atoms with van der Waals surface area (Å²) in [5, 5.41) is 7.13. The van der Waals surface area contributed by atoms with Gasteiger partial charge in [-0.05, 0) is 45.7 Å². The maximum atomic E-state index is 13.0. The van der Waals surface area contributed by atoms with Gasteiger partial charge in [0.15, 0.2) is 5.65 Å². The number of hydrogen-bond donors (Lipinski definition) is 1. The van der Waals surface area contributed by atoms with E-state index >= 15 is 0 Å². The molecule has 3 aromatic rings. The molecule has 2 aromatic heterocycles. The summed E-state index contributed by atoms with van der Waals surface area (Å²) in [6.45, 7) is 0. The molecule has 0 aliphatic carbocycles. The molecular weight excluding hydrogens is 339 g/mol. The van der Waals surface area contributed by atoms with Gasteiger partial charge in [0.25, 0.3) is 0 Å². The van der Waals surface area contributed by atoms with Crippen LogP contribution in [0.4, 0.5) is 4.39 Å². The Labute approximate surface area is 119 Å². The highest BCUT2D eigenvalue weighted by Gasteiger charge is 2.12. The van der Waals surface area contributed by atoms with E-state index in [1.807, 2.05) is 0 Å². The van der Waals surface area contributed by atoms with Crippen LogP contribution in [-0.4, -0.2) is 20.2 Å². The fourth-order valence-corrected chi connectivity index (χ4v) is 2.12. The van der Waals surface area contributed by atoms with Gasteiger partial charge in [-0.1, -0.05) is 0 Å². The molecule has 0 fully saturated rings. The van der Waals surface area contributed by atoms with E-state index in [4.69, 9.17) is 16.3 Å². The van der Waals surface area contributed by atoms with Crippen molar-refractivity contribution in [3.05, 3.63) is 40.0 Å². The molecule has 2 heterocycles. The van der Waals surface area contributed by atoms with Gasteiger partial charge in [-0.3, -0.25) is 5.10 Å². The number of rotatable bonds is 2. The Morgan fingerprint density at radius 2 is 2.16 bits per heavy atom. The summed E-state index contributed by atoms with van der Waals surface area (Å²) < 4.78 is 19.1. The molecule has 0 saturated carbocycles. The first kappa shape index (κ1) is 12.3. The van der Waals surface area contributed by atoms with Gasteiger partial charge in [-0.2, -0.15) is 15.1 Å². The first-order chi connectivity index (χ1) is 9.13. The van der Waals surface area contributed by atoms with E-state index in [2.05, 4.69) is 36.1 Å². The molecule has 0 amide bonds. The normalized spacial score (nSPS) is 10.9. The van der Waals surface area contributed by atoms with Crippen molar-refractivity contribution in [3.63, 3.8) is 0 Å². The topological polar surface area (TPSA) is 63.7 Å². The number of fused-ring (bicyclic) bond motifs is 1. The highest BCUT2D eigenvalue weighted by Crippen LogP contribution is 2.32. The molecule has 1 N–H and O–H groups in total. The molecule has 0 bridgehead atoms. The zero-order valence-electron chi connectivity index (χ0n) is 9.19. The van der Waals surface area contributed by atoms with E-state index in [1.54, 1.807) is 0 Å². The van der Waals surface area contributed by atoms with Crippen LogP contribution < -0.4 is 4.74 Å². The predicted molar refractivity (Wildman–Crippen MR) is 70.9 cm³/mol. The van der Waals surface area contributed by atoms with Crippen molar-refractivity contribution in [2.24, 2.45) is 0 Å². The summed E-state index contributed by atoms with van der Waals surface area (Å²) in [4.78, 5) is 7.95. The van der Waals surface area contributed by atoms with Crippen LogP contribution in [0.1, 0.15) is 0 Å². The van der Waals surface area contributed by atoms with Crippen LogP contribution in [0.3, 0.4) is 0 Å². The standard InChI is InChI=1S/C11H5BrClFN4O/c12-7-3-5(14)1-2-8(7)19-10-6-4-15-18-9(6)16-11(13)17-10/h1-4H,(H,15,16,17,18). The lowest BCUT2D eigenvalue weighted by Gasteiger charge is -2.07. The van der Waals surface area contributed by atoms with Crippen molar-refractivity contribution in [1.82, 2.24) is 20.2 Å². The summed E-state index contributed by atoms with van der Waals surface area (Å²) in [6, 6.07) is 4.07. The van der Waals surface area contributed by atoms with Crippen molar-refractivity contribution in [3.8, 4) is 11.6 Å². The van der Waals surface area contributed by atoms with E-state index in [0.29, 0.717) is 21.3 Å². The number of nitrogens with one attached hydrogen (secondary N) is 1. The maximum Gasteiger partial charge on any atom is 0.234 e. The van der Waals surface area contributed by atoms with Gasteiger partial charge in [-0.25, -0.2) is 4.39 Å². The smallest absolute Gasteiger partial charge is 0.234 e. The third-order valence-electron chi connectivity index (χ3n) is 2.35. The van der Waals surface area contributed by atoms with Crippen molar-refractivity contribution >= 4 is 38.6 Å². The molecule has 1 aromatic carbocycles. The van der Waals surface area contributed by atoms with Gasteiger partial charge in [0.05, 0.1) is 10.7 Å². The lowest BCUT2D eigenvalue weighted by Crippen LogP contribution is -1.93. The molecular formula is C11H5BrClFN4O. The summed E-state index contributed by atoms with van der Waals surface area (Å²) in [6.07, 6.45) is 1.53. The Hall–Kier alpha value is -1.73. The average molecular weight is 344 g/mol. The number of H-pyrrole nitrogens is 1. The van der Waals surface area contributed by atoms with Crippen LogP contribution in [0.2, 0.25) is 5.28 Å². The molecule has 0 spiro atoms. The molecule has 5 nitrogen and oxygen atoms in total. The number of ether oxygens (including phenoxy) is 1. The van der Waals surface area contributed by atoms with Crippen molar-refractivity contribution in [1.29, 1.82) is 0 Å². The van der Waals surface area contributed by atoms with E-state index in [9.17, 15) is 4.39 Å². The second-order valence-electron chi connectivity index (χ2n) is 3.61. The number of benzene rings is 1. The molecule has 0 radical (unpaired) electrons. The van der Waals surface area contributed by atoms with Gasteiger partial charge in [-0.15, -0.1) is 0 Å². The summed E-state index contributed by atoms with van der Waals surface area (Å²) in [5.74, 6) is 0.295. The molecule has 19 heavy (non-hydrogen) atoms. The third-order valence-corrected chi connectivity index (χ3v) is 3.14. The number of nitrogens with zero attached hydrogens (tertiary/aromatic N) is 3. The molecule has 96 valence electrons. The van der Waals surface area contributed by atoms with E-state index in [-0.39, 0.29) is 17.0 Å². The number of aromatic amines is 1. The lowest BCUT2D eigenvalue weighted by atomic mass is 10.3. The van der Waals surface area contributed by atoms with Gasteiger partial charge in [0, 0.05) is 0 Å². The quantitative estimate of drug-likeness (QED) is 0.721. The van der Waals surface area contributed by atoms with Crippen LogP contribution in [0, 0.1) is 5.82 Å². The van der Waals surface area contributed by atoms with Crippen molar-refractivity contribution < 1.29 is 9.13 Å². The van der Waals surface area contributed by atoms with E-state index in [1.165, 1.54) is 24.4 Å². The predicted octanol–water partition coefficient (Wildman–Crippen LogP) is 3.70. The van der Waals surface area contributed by atoms with Crippen LogP contribution >= 0.6 is 27.5 Å². The Kier molecular flexibility index (Phi) is 3.08. The van der Waals surface area contributed by atoms with Crippen molar-refractivity contribution in [2.75, 3.05) is 0 Å². The SMILES string of the molecule is Fc1ccc(Oc2nc(Cl)nc3[nH]ncc23)c(Br)c1.